The highest BCUT2D eigenvalue weighted by atomic mass is 19.2. The number of urea groups is 1. The number of nitrogens with zero attached hydrogens (tertiary/aromatic N) is 3. The fourth-order valence-corrected chi connectivity index (χ4v) is 2.37. The fraction of sp³-hybridized carbons (Fsp3) is 0.158. The van der Waals surface area contributed by atoms with Gasteiger partial charge in [-0.15, -0.1) is 0 Å². The number of carbonyl (C=O) groups is 1. The number of amides is 2. The number of rotatable bonds is 7. The van der Waals surface area contributed by atoms with Gasteiger partial charge in [0.2, 0.25) is 0 Å². The van der Waals surface area contributed by atoms with Crippen LogP contribution in [0, 0.1) is 18.6 Å². The SMILES string of the molecule is Cc1ccnc(Nc2cc(NCCNC(=O)Nc3ccc(F)c(F)c3)ncn2)c1. The molecule has 0 aliphatic rings. The maximum absolute atomic E-state index is 13.1. The number of benzene rings is 1. The minimum absolute atomic E-state index is 0.158. The van der Waals surface area contributed by atoms with Crippen molar-refractivity contribution in [2.45, 2.75) is 6.92 Å². The quantitative estimate of drug-likeness (QED) is 0.454. The van der Waals surface area contributed by atoms with Crippen molar-refractivity contribution in [1.29, 1.82) is 0 Å². The predicted molar refractivity (Wildman–Crippen MR) is 106 cm³/mol. The van der Waals surface area contributed by atoms with Gasteiger partial charge in [-0.3, -0.25) is 0 Å². The van der Waals surface area contributed by atoms with Crippen molar-refractivity contribution in [3.63, 3.8) is 0 Å². The van der Waals surface area contributed by atoms with Crippen LogP contribution in [0.3, 0.4) is 0 Å². The molecule has 3 aromatic rings. The van der Waals surface area contributed by atoms with Crippen LogP contribution in [0.5, 0.6) is 0 Å². The van der Waals surface area contributed by atoms with Gasteiger partial charge in [0.1, 0.15) is 23.8 Å². The van der Waals surface area contributed by atoms with E-state index < -0.39 is 17.7 Å². The summed E-state index contributed by atoms with van der Waals surface area (Å²) in [5.74, 6) is -0.191. The molecule has 0 saturated carbocycles. The van der Waals surface area contributed by atoms with Gasteiger partial charge >= 0.3 is 6.03 Å². The van der Waals surface area contributed by atoms with E-state index in [0.717, 1.165) is 17.7 Å². The van der Waals surface area contributed by atoms with E-state index in [0.29, 0.717) is 24.0 Å². The van der Waals surface area contributed by atoms with Crippen LogP contribution in [-0.4, -0.2) is 34.1 Å². The second-order valence-electron chi connectivity index (χ2n) is 6.07. The fourth-order valence-electron chi connectivity index (χ4n) is 2.37. The predicted octanol–water partition coefficient (Wildman–Crippen LogP) is 3.44. The number of carbonyl (C=O) groups excluding carboxylic acids is 1. The minimum Gasteiger partial charge on any atom is -0.368 e. The second-order valence-corrected chi connectivity index (χ2v) is 6.07. The summed E-state index contributed by atoms with van der Waals surface area (Å²) < 4.78 is 26.0. The van der Waals surface area contributed by atoms with E-state index in [1.165, 1.54) is 12.4 Å². The zero-order valence-electron chi connectivity index (χ0n) is 15.5. The lowest BCUT2D eigenvalue weighted by Crippen LogP contribution is -2.32. The summed E-state index contributed by atoms with van der Waals surface area (Å²) in [6, 6.07) is 8.09. The molecule has 8 nitrogen and oxygen atoms in total. The molecule has 0 spiro atoms. The number of nitrogens with one attached hydrogen (secondary N) is 4. The third-order valence-electron chi connectivity index (χ3n) is 3.73. The lowest BCUT2D eigenvalue weighted by molar-refractivity contribution is 0.252. The first-order valence-corrected chi connectivity index (χ1v) is 8.75. The van der Waals surface area contributed by atoms with E-state index in [9.17, 15) is 13.6 Å². The number of aromatic nitrogens is 3. The summed E-state index contributed by atoms with van der Waals surface area (Å²) in [6.45, 7) is 2.64. The van der Waals surface area contributed by atoms with Crippen molar-refractivity contribution in [1.82, 2.24) is 20.3 Å². The van der Waals surface area contributed by atoms with Gasteiger partial charge in [0.15, 0.2) is 11.6 Å². The van der Waals surface area contributed by atoms with Gasteiger partial charge in [-0.1, -0.05) is 0 Å². The van der Waals surface area contributed by atoms with E-state index in [1.807, 2.05) is 19.1 Å². The maximum Gasteiger partial charge on any atom is 0.319 e. The summed E-state index contributed by atoms with van der Waals surface area (Å²) in [7, 11) is 0. The van der Waals surface area contributed by atoms with Crippen molar-refractivity contribution < 1.29 is 13.6 Å². The van der Waals surface area contributed by atoms with Gasteiger partial charge in [0, 0.05) is 37.1 Å². The maximum atomic E-state index is 13.1. The third-order valence-corrected chi connectivity index (χ3v) is 3.73. The molecule has 0 aliphatic carbocycles. The van der Waals surface area contributed by atoms with Crippen molar-refractivity contribution >= 4 is 29.2 Å². The minimum atomic E-state index is -1.03. The first kappa shape index (κ1) is 19.9. The summed E-state index contributed by atoms with van der Waals surface area (Å²) in [6.07, 6.45) is 3.11. The summed E-state index contributed by atoms with van der Waals surface area (Å²) in [5.41, 5.74) is 1.23. The van der Waals surface area contributed by atoms with E-state index in [2.05, 4.69) is 36.2 Å². The topological polar surface area (TPSA) is 104 Å². The molecule has 0 atom stereocenters. The summed E-state index contributed by atoms with van der Waals surface area (Å²) in [4.78, 5) is 24.3. The van der Waals surface area contributed by atoms with E-state index in [1.54, 1.807) is 12.3 Å². The monoisotopic (exact) mass is 399 g/mol. The number of pyridine rings is 1. The molecular weight excluding hydrogens is 380 g/mol. The lowest BCUT2D eigenvalue weighted by atomic mass is 10.3. The standard InChI is InChI=1S/C19H19F2N7O/c1-12-4-5-22-17(8-12)28-18-10-16(25-11-26-18)23-6-7-24-19(29)27-13-2-3-14(20)15(21)9-13/h2-5,8-11H,6-7H2,1H3,(H2,24,27,29)(H2,22,23,25,26,28). The molecule has 4 N–H and O–H groups in total. The van der Waals surface area contributed by atoms with Crippen LogP contribution in [0.25, 0.3) is 0 Å². The molecule has 0 aliphatic heterocycles. The molecule has 0 radical (unpaired) electrons. The van der Waals surface area contributed by atoms with Crippen molar-refractivity contribution in [2.24, 2.45) is 0 Å². The number of halogens is 2. The Bertz CT molecular complexity index is 1000. The Labute approximate surface area is 165 Å². The van der Waals surface area contributed by atoms with Crippen LogP contribution in [0.15, 0.2) is 48.9 Å². The molecule has 150 valence electrons. The smallest absolute Gasteiger partial charge is 0.319 e. The lowest BCUT2D eigenvalue weighted by Gasteiger charge is -2.10. The molecule has 2 heterocycles. The van der Waals surface area contributed by atoms with E-state index in [-0.39, 0.29) is 12.2 Å². The Kier molecular flexibility index (Phi) is 6.46. The van der Waals surface area contributed by atoms with Crippen LogP contribution in [0.2, 0.25) is 0 Å². The van der Waals surface area contributed by atoms with E-state index >= 15 is 0 Å². The molecule has 10 heteroatoms. The van der Waals surface area contributed by atoms with Crippen LogP contribution < -0.4 is 21.3 Å². The molecule has 2 aromatic heterocycles. The van der Waals surface area contributed by atoms with Crippen LogP contribution in [0.1, 0.15) is 5.56 Å². The average molecular weight is 399 g/mol. The number of anilines is 4. The molecule has 1 aromatic carbocycles. The number of aryl methyl sites for hydroxylation is 1. The average Bonchev–Trinajstić information content (AvgIpc) is 2.68. The largest absolute Gasteiger partial charge is 0.368 e. The summed E-state index contributed by atoms with van der Waals surface area (Å²) >= 11 is 0. The van der Waals surface area contributed by atoms with Crippen LogP contribution in [0.4, 0.5) is 36.7 Å². The molecule has 0 fully saturated rings. The Morgan fingerprint density at radius 1 is 0.931 bits per heavy atom. The van der Waals surface area contributed by atoms with Crippen molar-refractivity contribution in [3.8, 4) is 0 Å². The highest BCUT2D eigenvalue weighted by Crippen LogP contribution is 2.15. The van der Waals surface area contributed by atoms with Gasteiger partial charge in [0.25, 0.3) is 0 Å². The number of hydrogen-bond acceptors (Lipinski definition) is 6. The highest BCUT2D eigenvalue weighted by Gasteiger charge is 2.06. The van der Waals surface area contributed by atoms with Crippen LogP contribution in [-0.2, 0) is 0 Å². The van der Waals surface area contributed by atoms with Crippen molar-refractivity contribution in [3.05, 3.63) is 66.1 Å². The first-order valence-electron chi connectivity index (χ1n) is 8.75. The second kappa shape index (κ2) is 9.40. The third kappa shape index (κ3) is 6.09. The Hall–Kier alpha value is -3.82. The Morgan fingerprint density at radius 3 is 2.52 bits per heavy atom. The Balaban J connectivity index is 1.44. The van der Waals surface area contributed by atoms with Gasteiger partial charge in [-0.2, -0.15) is 0 Å². The van der Waals surface area contributed by atoms with E-state index in [4.69, 9.17) is 0 Å². The highest BCUT2D eigenvalue weighted by molar-refractivity contribution is 5.89. The van der Waals surface area contributed by atoms with Gasteiger partial charge in [-0.05, 0) is 36.8 Å². The molecule has 29 heavy (non-hydrogen) atoms. The Morgan fingerprint density at radius 2 is 1.72 bits per heavy atom. The number of hydrogen-bond donors (Lipinski definition) is 4. The zero-order chi connectivity index (χ0) is 20.6. The van der Waals surface area contributed by atoms with Gasteiger partial charge in [-0.25, -0.2) is 28.5 Å². The van der Waals surface area contributed by atoms with Gasteiger partial charge < -0.3 is 21.3 Å². The van der Waals surface area contributed by atoms with Gasteiger partial charge in [0.05, 0.1) is 0 Å². The zero-order valence-corrected chi connectivity index (χ0v) is 15.5. The molecule has 0 bridgehead atoms. The van der Waals surface area contributed by atoms with Crippen LogP contribution >= 0.6 is 0 Å². The van der Waals surface area contributed by atoms with Crippen molar-refractivity contribution in [2.75, 3.05) is 29.0 Å². The normalized spacial score (nSPS) is 10.3. The summed E-state index contributed by atoms with van der Waals surface area (Å²) in [5, 5.41) is 11.2. The molecular formula is C19H19F2N7O. The molecule has 2 amide bonds. The first-order chi connectivity index (χ1) is 14.0. The molecule has 0 unspecified atom stereocenters. The molecule has 3 rings (SSSR count). The molecule has 0 saturated heterocycles.